The van der Waals surface area contributed by atoms with E-state index in [1.807, 2.05) is 0 Å². The molecule has 0 bridgehead atoms. The topological polar surface area (TPSA) is 116 Å². The Morgan fingerprint density at radius 2 is 2.04 bits per heavy atom. The van der Waals surface area contributed by atoms with Crippen molar-refractivity contribution < 1.29 is 22.3 Å². The molecule has 2 heterocycles. The van der Waals surface area contributed by atoms with E-state index in [2.05, 4.69) is 5.32 Å². The van der Waals surface area contributed by atoms with Crippen LogP contribution in [0.25, 0.3) is 10.4 Å². The fraction of sp³-hybridized carbons (Fsp3) is 0.118. The first-order valence-electron chi connectivity index (χ1n) is 7.86. The lowest BCUT2D eigenvalue weighted by atomic mass is 10.1. The first kappa shape index (κ1) is 20.0. The molecule has 0 atom stereocenters. The van der Waals surface area contributed by atoms with Gasteiger partial charge in [0.2, 0.25) is 5.91 Å². The van der Waals surface area contributed by atoms with Gasteiger partial charge in [-0.3, -0.25) is 14.9 Å². The molecule has 11 heteroatoms. The van der Waals surface area contributed by atoms with Crippen LogP contribution in [0.5, 0.6) is 5.75 Å². The van der Waals surface area contributed by atoms with Gasteiger partial charge in [-0.1, -0.05) is 6.07 Å². The molecule has 0 spiro atoms. The van der Waals surface area contributed by atoms with Gasteiger partial charge in [-0.05, 0) is 29.6 Å². The Bertz CT molecular complexity index is 1120. The molecule has 8 nitrogen and oxygen atoms in total. The molecule has 0 radical (unpaired) electrons. The maximum atomic E-state index is 12.7. The fourth-order valence-electron chi connectivity index (χ4n) is 2.29. The van der Waals surface area contributed by atoms with Gasteiger partial charge in [0.25, 0.3) is 5.69 Å². The Kier molecular flexibility index (Phi) is 5.77. The zero-order valence-corrected chi connectivity index (χ0v) is 16.9. The van der Waals surface area contributed by atoms with Gasteiger partial charge in [-0.25, -0.2) is 0 Å². The van der Waals surface area contributed by atoms with Crippen molar-refractivity contribution in [1.29, 1.82) is 0 Å². The van der Waals surface area contributed by atoms with Crippen LogP contribution >= 0.6 is 22.7 Å². The number of non-ortho nitro benzene ring substituents is 1. The third-order valence-electron chi connectivity index (χ3n) is 3.56. The summed E-state index contributed by atoms with van der Waals surface area (Å²) in [5, 5.41) is 15.4. The number of nitro benzene ring substituents is 1. The van der Waals surface area contributed by atoms with Crippen LogP contribution in [-0.2, 0) is 21.5 Å². The lowest BCUT2D eigenvalue weighted by molar-refractivity contribution is -0.384. The SMILES string of the molecule is CC(=O)NCc1ccc(S(=O)(=O)Oc2ccc([N+](=O)[O-])cc2-c2cccs2)s1. The van der Waals surface area contributed by atoms with Crippen molar-refractivity contribution in [2.24, 2.45) is 0 Å². The lowest BCUT2D eigenvalue weighted by Crippen LogP contribution is -2.18. The quantitative estimate of drug-likeness (QED) is 0.341. The van der Waals surface area contributed by atoms with Crippen molar-refractivity contribution in [3.05, 3.63) is 62.8 Å². The number of nitrogens with one attached hydrogen (secondary N) is 1. The van der Waals surface area contributed by atoms with Crippen LogP contribution < -0.4 is 9.50 Å². The van der Waals surface area contributed by atoms with Gasteiger partial charge < -0.3 is 9.50 Å². The standard InChI is InChI=1S/C17H14N2O6S3/c1-11(20)18-10-13-5-7-17(27-13)28(23,24)25-15-6-4-12(19(21)22)9-14(15)16-3-2-8-26-16/h2-9H,10H2,1H3,(H,18,20). The predicted octanol–water partition coefficient (Wildman–Crippen LogP) is 3.79. The van der Waals surface area contributed by atoms with E-state index in [4.69, 9.17) is 4.18 Å². The Morgan fingerprint density at radius 1 is 1.25 bits per heavy atom. The van der Waals surface area contributed by atoms with Crippen LogP contribution in [0.15, 0.2) is 52.1 Å². The van der Waals surface area contributed by atoms with E-state index in [0.717, 1.165) is 11.3 Å². The van der Waals surface area contributed by atoms with Crippen molar-refractivity contribution >= 4 is 44.4 Å². The van der Waals surface area contributed by atoms with E-state index in [1.54, 1.807) is 23.6 Å². The molecule has 2 aromatic heterocycles. The summed E-state index contributed by atoms with van der Waals surface area (Å²) < 4.78 is 30.6. The highest BCUT2D eigenvalue weighted by Gasteiger charge is 2.23. The number of amides is 1. The number of carbonyl (C=O) groups excluding carboxylic acids is 1. The molecular formula is C17H14N2O6S3. The summed E-state index contributed by atoms with van der Waals surface area (Å²) in [5.74, 6) is -0.217. The number of carbonyl (C=O) groups is 1. The second-order valence-electron chi connectivity index (χ2n) is 5.58. The minimum absolute atomic E-state index is 0.00450. The molecule has 0 aliphatic heterocycles. The second kappa shape index (κ2) is 8.09. The second-order valence-corrected chi connectivity index (χ2v) is 9.47. The van der Waals surface area contributed by atoms with Crippen LogP contribution in [0, 0.1) is 10.1 Å². The number of nitro groups is 1. The van der Waals surface area contributed by atoms with Gasteiger partial charge in [0.05, 0.1) is 11.5 Å². The molecule has 0 aliphatic carbocycles. The number of rotatable bonds is 7. The fourth-order valence-corrected chi connectivity index (χ4v) is 5.24. The van der Waals surface area contributed by atoms with Crippen molar-refractivity contribution in [2.45, 2.75) is 17.7 Å². The molecule has 1 amide bonds. The molecular weight excluding hydrogens is 424 g/mol. The number of hydrogen-bond acceptors (Lipinski definition) is 8. The van der Waals surface area contributed by atoms with E-state index in [0.29, 0.717) is 15.3 Å². The third-order valence-corrected chi connectivity index (χ3v) is 7.23. The molecule has 1 aromatic carbocycles. The predicted molar refractivity (Wildman–Crippen MR) is 106 cm³/mol. The summed E-state index contributed by atoms with van der Waals surface area (Å²) in [6.45, 7) is 1.59. The van der Waals surface area contributed by atoms with E-state index in [-0.39, 0.29) is 28.1 Å². The highest BCUT2D eigenvalue weighted by atomic mass is 32.3. The van der Waals surface area contributed by atoms with Crippen LogP contribution in [0.1, 0.15) is 11.8 Å². The third kappa shape index (κ3) is 4.55. The zero-order chi connectivity index (χ0) is 20.3. The monoisotopic (exact) mass is 438 g/mol. The molecule has 1 N–H and O–H groups in total. The van der Waals surface area contributed by atoms with Crippen LogP contribution in [-0.4, -0.2) is 19.2 Å². The summed E-state index contributed by atoms with van der Waals surface area (Å²) in [5.41, 5.74) is 0.157. The van der Waals surface area contributed by atoms with Gasteiger partial charge in [0.1, 0.15) is 0 Å². The summed E-state index contributed by atoms with van der Waals surface area (Å²) in [6, 6.07) is 10.2. The minimum Gasteiger partial charge on any atom is -0.378 e. The van der Waals surface area contributed by atoms with Crippen molar-refractivity contribution in [3.63, 3.8) is 0 Å². The maximum Gasteiger partial charge on any atom is 0.348 e. The van der Waals surface area contributed by atoms with Gasteiger partial charge in [-0.2, -0.15) is 8.42 Å². The molecule has 0 fully saturated rings. The summed E-state index contributed by atoms with van der Waals surface area (Å²) >= 11 is 2.29. The smallest absolute Gasteiger partial charge is 0.348 e. The Hall–Kier alpha value is -2.76. The number of nitrogens with zero attached hydrogens (tertiary/aromatic N) is 1. The average Bonchev–Trinajstić information content (AvgIpc) is 3.32. The summed E-state index contributed by atoms with van der Waals surface area (Å²) in [7, 11) is -4.14. The van der Waals surface area contributed by atoms with Crippen LogP contribution in [0.2, 0.25) is 0 Å². The Labute approximate surface area is 168 Å². The molecule has 3 rings (SSSR count). The average molecular weight is 439 g/mol. The first-order chi connectivity index (χ1) is 13.3. The van der Waals surface area contributed by atoms with E-state index >= 15 is 0 Å². The van der Waals surface area contributed by atoms with Crippen molar-refractivity contribution in [2.75, 3.05) is 0 Å². The first-order valence-corrected chi connectivity index (χ1v) is 11.0. The summed E-state index contributed by atoms with van der Waals surface area (Å²) in [4.78, 5) is 22.8. The highest BCUT2D eigenvalue weighted by Crippen LogP contribution is 2.38. The molecule has 0 aliphatic rings. The van der Waals surface area contributed by atoms with E-state index < -0.39 is 15.0 Å². The molecule has 0 unspecified atom stereocenters. The lowest BCUT2D eigenvalue weighted by Gasteiger charge is -2.09. The molecule has 28 heavy (non-hydrogen) atoms. The van der Waals surface area contributed by atoms with E-state index in [1.165, 1.54) is 42.5 Å². The normalized spacial score (nSPS) is 11.2. The Balaban J connectivity index is 1.92. The van der Waals surface area contributed by atoms with Gasteiger partial charge >= 0.3 is 10.1 Å². The van der Waals surface area contributed by atoms with Gasteiger partial charge in [0.15, 0.2) is 9.96 Å². The molecule has 0 saturated heterocycles. The zero-order valence-electron chi connectivity index (χ0n) is 14.4. The highest BCUT2D eigenvalue weighted by molar-refractivity contribution is 7.89. The Morgan fingerprint density at radius 3 is 2.68 bits per heavy atom. The maximum absolute atomic E-state index is 12.7. The number of hydrogen-bond donors (Lipinski definition) is 1. The van der Waals surface area contributed by atoms with Gasteiger partial charge in [-0.15, -0.1) is 22.7 Å². The number of thiophene rings is 2. The molecule has 0 saturated carbocycles. The summed E-state index contributed by atoms with van der Waals surface area (Å²) in [6.07, 6.45) is 0. The van der Waals surface area contributed by atoms with Gasteiger partial charge in [0, 0.05) is 34.4 Å². The van der Waals surface area contributed by atoms with Crippen molar-refractivity contribution in [3.8, 4) is 16.2 Å². The van der Waals surface area contributed by atoms with E-state index in [9.17, 15) is 23.3 Å². The molecule has 146 valence electrons. The minimum atomic E-state index is -4.14. The van der Waals surface area contributed by atoms with Crippen LogP contribution in [0.3, 0.4) is 0 Å². The van der Waals surface area contributed by atoms with Crippen molar-refractivity contribution in [1.82, 2.24) is 5.32 Å². The largest absolute Gasteiger partial charge is 0.378 e. The van der Waals surface area contributed by atoms with Crippen LogP contribution in [0.4, 0.5) is 5.69 Å². The number of benzene rings is 1. The molecule has 3 aromatic rings.